The van der Waals surface area contributed by atoms with Crippen LogP contribution >= 0.6 is 0 Å². The van der Waals surface area contributed by atoms with Crippen LogP contribution in [-0.2, 0) is 16.4 Å². The van der Waals surface area contributed by atoms with Gasteiger partial charge in [-0.3, -0.25) is 4.72 Å². The normalized spacial score (nSPS) is 16.1. The van der Waals surface area contributed by atoms with Crippen molar-refractivity contribution >= 4 is 15.7 Å². The molecule has 1 fully saturated rings. The van der Waals surface area contributed by atoms with Crippen LogP contribution in [0.1, 0.15) is 25.3 Å². The zero-order valence-corrected chi connectivity index (χ0v) is 9.85. The van der Waals surface area contributed by atoms with Gasteiger partial charge in [-0.15, -0.1) is 0 Å². The van der Waals surface area contributed by atoms with Crippen molar-refractivity contribution in [1.29, 1.82) is 0 Å². The smallest absolute Gasteiger partial charge is 0.235 e. The summed E-state index contributed by atoms with van der Waals surface area (Å²) in [5.41, 5.74) is 0.899. The average molecular weight is 243 g/mol. The Kier molecular flexibility index (Phi) is 2.88. The summed E-state index contributed by atoms with van der Waals surface area (Å²) in [7, 11) is -3.29. The molecule has 0 amide bonds. The molecule has 0 aliphatic heterocycles. The van der Waals surface area contributed by atoms with Gasteiger partial charge in [0.15, 0.2) is 0 Å². The molecule has 2 rings (SSSR count). The maximum Gasteiger partial charge on any atom is 0.235 e. The number of anilines is 1. The van der Waals surface area contributed by atoms with Crippen molar-refractivity contribution in [3.8, 4) is 0 Å². The Morgan fingerprint density at radius 1 is 1.44 bits per heavy atom. The molecule has 0 unspecified atom stereocenters. The number of aryl methyl sites for hydroxylation is 1. The fourth-order valence-corrected chi connectivity index (χ4v) is 2.90. The SMILES string of the molecule is CCc1ccc(NS(=O)(=O)C2CC2)cc1F. The Morgan fingerprint density at radius 2 is 2.12 bits per heavy atom. The molecule has 16 heavy (non-hydrogen) atoms. The predicted octanol–water partition coefficient (Wildman–Crippen LogP) is 2.29. The standard InChI is InChI=1S/C11H14FNO2S/c1-2-8-3-4-9(7-11(8)12)13-16(14,15)10-5-6-10/h3-4,7,10,13H,2,5-6H2,1H3. The topological polar surface area (TPSA) is 46.2 Å². The molecule has 0 radical (unpaired) electrons. The van der Waals surface area contributed by atoms with Crippen LogP contribution in [0.25, 0.3) is 0 Å². The van der Waals surface area contributed by atoms with E-state index >= 15 is 0 Å². The van der Waals surface area contributed by atoms with Crippen LogP contribution in [0.15, 0.2) is 18.2 Å². The van der Waals surface area contributed by atoms with Gasteiger partial charge in [0.05, 0.1) is 10.9 Å². The predicted molar refractivity (Wildman–Crippen MR) is 61.3 cm³/mol. The molecule has 1 aliphatic carbocycles. The summed E-state index contributed by atoms with van der Waals surface area (Å²) in [5, 5.41) is -0.290. The minimum absolute atomic E-state index is 0.290. The number of rotatable bonds is 4. The van der Waals surface area contributed by atoms with Crippen LogP contribution in [0.5, 0.6) is 0 Å². The first-order valence-corrected chi connectivity index (χ1v) is 6.87. The zero-order valence-electron chi connectivity index (χ0n) is 9.03. The van der Waals surface area contributed by atoms with Gasteiger partial charge in [0, 0.05) is 0 Å². The number of hydrogen-bond donors (Lipinski definition) is 1. The lowest BCUT2D eigenvalue weighted by molar-refractivity contribution is 0.599. The zero-order chi connectivity index (χ0) is 11.8. The van der Waals surface area contributed by atoms with Gasteiger partial charge >= 0.3 is 0 Å². The molecule has 0 bridgehead atoms. The molecule has 1 aromatic carbocycles. The largest absolute Gasteiger partial charge is 0.283 e. The number of benzene rings is 1. The second kappa shape index (κ2) is 4.05. The van der Waals surface area contributed by atoms with E-state index in [0.717, 1.165) is 0 Å². The summed E-state index contributed by atoms with van der Waals surface area (Å²) in [6.07, 6.45) is 2.00. The van der Waals surface area contributed by atoms with Crippen molar-refractivity contribution in [2.75, 3.05) is 4.72 Å². The third-order valence-electron chi connectivity index (χ3n) is 2.66. The number of halogens is 1. The van der Waals surface area contributed by atoms with E-state index < -0.39 is 10.0 Å². The Balaban J connectivity index is 2.19. The lowest BCUT2D eigenvalue weighted by atomic mass is 10.1. The highest BCUT2D eigenvalue weighted by Crippen LogP contribution is 2.30. The molecule has 1 N–H and O–H groups in total. The van der Waals surface area contributed by atoms with Crippen molar-refractivity contribution in [3.63, 3.8) is 0 Å². The van der Waals surface area contributed by atoms with E-state index in [2.05, 4.69) is 4.72 Å². The number of hydrogen-bond acceptors (Lipinski definition) is 2. The monoisotopic (exact) mass is 243 g/mol. The fourth-order valence-electron chi connectivity index (χ4n) is 1.52. The Bertz CT molecular complexity index is 495. The van der Waals surface area contributed by atoms with Gasteiger partial charge in [0.25, 0.3) is 0 Å². The van der Waals surface area contributed by atoms with Crippen molar-refractivity contribution < 1.29 is 12.8 Å². The second-order valence-corrected chi connectivity index (χ2v) is 5.97. The lowest BCUT2D eigenvalue weighted by Gasteiger charge is -2.08. The third kappa shape index (κ3) is 2.35. The first kappa shape index (κ1) is 11.4. The molecule has 1 aliphatic rings. The Labute approximate surface area is 94.7 Å². The van der Waals surface area contributed by atoms with Gasteiger partial charge in [0.1, 0.15) is 5.82 Å². The summed E-state index contributed by atoms with van der Waals surface area (Å²) in [5.74, 6) is -0.363. The van der Waals surface area contributed by atoms with E-state index in [1.165, 1.54) is 6.07 Å². The minimum atomic E-state index is -3.29. The molecule has 0 aromatic heterocycles. The fraction of sp³-hybridized carbons (Fsp3) is 0.455. The van der Waals surface area contributed by atoms with E-state index in [1.54, 1.807) is 12.1 Å². The van der Waals surface area contributed by atoms with Gasteiger partial charge in [-0.1, -0.05) is 13.0 Å². The molecule has 0 saturated heterocycles. The van der Waals surface area contributed by atoms with Crippen LogP contribution < -0.4 is 4.72 Å². The first-order chi connectivity index (χ1) is 7.53. The van der Waals surface area contributed by atoms with Gasteiger partial charge in [0.2, 0.25) is 10.0 Å². The van der Waals surface area contributed by atoms with Crippen molar-refractivity contribution in [2.45, 2.75) is 31.4 Å². The molecule has 1 saturated carbocycles. The highest BCUT2D eigenvalue weighted by Gasteiger charge is 2.35. The molecule has 3 nitrogen and oxygen atoms in total. The number of nitrogens with one attached hydrogen (secondary N) is 1. The Morgan fingerprint density at radius 3 is 2.62 bits per heavy atom. The molecule has 0 spiro atoms. The molecular weight excluding hydrogens is 229 g/mol. The second-order valence-electron chi connectivity index (χ2n) is 4.01. The van der Waals surface area contributed by atoms with Crippen LogP contribution in [0.2, 0.25) is 0 Å². The van der Waals surface area contributed by atoms with Crippen molar-refractivity contribution in [2.24, 2.45) is 0 Å². The maximum atomic E-state index is 13.4. The Hall–Kier alpha value is -1.10. The van der Waals surface area contributed by atoms with Gasteiger partial charge < -0.3 is 0 Å². The average Bonchev–Trinajstić information content (AvgIpc) is 3.00. The summed E-state index contributed by atoms with van der Waals surface area (Å²) < 4.78 is 39.0. The van der Waals surface area contributed by atoms with Gasteiger partial charge in [-0.25, -0.2) is 12.8 Å². The molecule has 88 valence electrons. The van der Waals surface area contributed by atoms with Crippen LogP contribution in [-0.4, -0.2) is 13.7 Å². The van der Waals surface area contributed by atoms with E-state index in [1.807, 2.05) is 6.92 Å². The van der Waals surface area contributed by atoms with Crippen molar-refractivity contribution in [1.82, 2.24) is 0 Å². The summed E-state index contributed by atoms with van der Waals surface area (Å²) in [6.45, 7) is 1.85. The van der Waals surface area contributed by atoms with Crippen molar-refractivity contribution in [3.05, 3.63) is 29.6 Å². The molecule has 1 aromatic rings. The third-order valence-corrected chi connectivity index (χ3v) is 4.53. The molecule has 5 heteroatoms. The van der Waals surface area contributed by atoms with E-state index in [9.17, 15) is 12.8 Å². The van der Waals surface area contributed by atoms with Gasteiger partial charge in [-0.2, -0.15) is 0 Å². The van der Waals surface area contributed by atoms with Gasteiger partial charge in [-0.05, 0) is 37.0 Å². The first-order valence-electron chi connectivity index (χ1n) is 5.33. The lowest BCUT2D eigenvalue weighted by Crippen LogP contribution is -2.17. The quantitative estimate of drug-likeness (QED) is 0.882. The molecular formula is C11H14FNO2S. The summed E-state index contributed by atoms with van der Waals surface area (Å²) in [4.78, 5) is 0. The minimum Gasteiger partial charge on any atom is -0.283 e. The van der Waals surface area contributed by atoms with Crippen LogP contribution in [0.3, 0.4) is 0 Å². The van der Waals surface area contributed by atoms with E-state index in [0.29, 0.717) is 30.5 Å². The maximum absolute atomic E-state index is 13.4. The highest BCUT2D eigenvalue weighted by atomic mass is 32.2. The molecule has 0 atom stereocenters. The molecule has 0 heterocycles. The summed E-state index contributed by atoms with van der Waals surface area (Å²) in [6, 6.07) is 4.45. The van der Waals surface area contributed by atoms with E-state index in [4.69, 9.17) is 0 Å². The van der Waals surface area contributed by atoms with Crippen LogP contribution in [0.4, 0.5) is 10.1 Å². The summed E-state index contributed by atoms with van der Waals surface area (Å²) >= 11 is 0. The van der Waals surface area contributed by atoms with E-state index in [-0.39, 0.29) is 11.1 Å². The highest BCUT2D eigenvalue weighted by molar-refractivity contribution is 7.93. The van der Waals surface area contributed by atoms with Crippen LogP contribution in [0, 0.1) is 5.82 Å². The number of sulfonamides is 1.